The summed E-state index contributed by atoms with van der Waals surface area (Å²) in [4.78, 5) is 34.1. The lowest BCUT2D eigenvalue weighted by Gasteiger charge is -2.32. The zero-order chi connectivity index (χ0) is 22.2. The molecule has 1 aromatic carbocycles. The van der Waals surface area contributed by atoms with Crippen LogP contribution in [0.2, 0.25) is 0 Å². The molecule has 32 heavy (non-hydrogen) atoms. The van der Waals surface area contributed by atoms with Crippen LogP contribution in [0.4, 0.5) is 0 Å². The number of ether oxygens (including phenoxy) is 2. The van der Waals surface area contributed by atoms with Crippen molar-refractivity contribution in [3.8, 4) is 11.5 Å². The van der Waals surface area contributed by atoms with Crippen LogP contribution in [0.15, 0.2) is 29.1 Å². The number of para-hydroxylation sites is 2. The lowest BCUT2D eigenvalue weighted by atomic mass is 10.1. The van der Waals surface area contributed by atoms with Gasteiger partial charge in [-0.25, -0.2) is 4.98 Å². The number of benzene rings is 1. The lowest BCUT2D eigenvalue weighted by molar-refractivity contribution is 0.0593. The second kappa shape index (κ2) is 8.58. The van der Waals surface area contributed by atoms with E-state index in [1.165, 1.54) is 11.3 Å². The van der Waals surface area contributed by atoms with E-state index in [1.54, 1.807) is 4.57 Å². The molecule has 3 aromatic rings. The van der Waals surface area contributed by atoms with E-state index in [1.807, 2.05) is 43.0 Å². The third-order valence-electron chi connectivity index (χ3n) is 6.28. The minimum atomic E-state index is -0.0109. The van der Waals surface area contributed by atoms with Gasteiger partial charge in [0.1, 0.15) is 16.8 Å². The predicted octanol–water partition coefficient (Wildman–Crippen LogP) is 3.79. The van der Waals surface area contributed by atoms with Crippen LogP contribution in [0, 0.1) is 6.92 Å². The fourth-order valence-electron chi connectivity index (χ4n) is 4.60. The molecule has 0 N–H and O–H groups in total. The van der Waals surface area contributed by atoms with Crippen LogP contribution >= 0.6 is 11.3 Å². The topological polar surface area (TPSA) is 73.7 Å². The maximum atomic E-state index is 13.3. The van der Waals surface area contributed by atoms with E-state index in [0.717, 1.165) is 55.1 Å². The zero-order valence-electron chi connectivity index (χ0n) is 18.4. The quantitative estimate of drug-likeness (QED) is 0.588. The highest BCUT2D eigenvalue weighted by atomic mass is 32.1. The number of nitrogens with zero attached hydrogens (tertiary/aromatic N) is 3. The first-order chi connectivity index (χ1) is 15.6. The summed E-state index contributed by atoms with van der Waals surface area (Å²) in [6, 6.07) is 7.70. The molecule has 1 fully saturated rings. The summed E-state index contributed by atoms with van der Waals surface area (Å²) in [6.45, 7) is 6.37. The highest BCUT2D eigenvalue weighted by Crippen LogP contribution is 2.32. The first kappa shape index (κ1) is 21.0. The van der Waals surface area contributed by atoms with Crippen LogP contribution in [-0.4, -0.2) is 46.2 Å². The molecule has 0 atom stereocenters. The molecule has 4 heterocycles. The molecule has 2 aliphatic rings. The predicted molar refractivity (Wildman–Crippen MR) is 124 cm³/mol. The molecule has 1 saturated heterocycles. The molecule has 168 valence electrons. The van der Waals surface area contributed by atoms with Gasteiger partial charge in [-0.15, -0.1) is 11.3 Å². The minimum absolute atomic E-state index is 0.00429. The van der Waals surface area contributed by atoms with Crippen LogP contribution in [0.5, 0.6) is 11.5 Å². The highest BCUT2D eigenvalue weighted by Gasteiger charge is 2.29. The summed E-state index contributed by atoms with van der Waals surface area (Å²) >= 11 is 1.35. The van der Waals surface area contributed by atoms with Crippen LogP contribution in [0.1, 0.15) is 47.2 Å². The van der Waals surface area contributed by atoms with Crippen molar-refractivity contribution in [1.82, 2.24) is 14.5 Å². The van der Waals surface area contributed by atoms with Crippen molar-refractivity contribution in [2.75, 3.05) is 19.7 Å². The first-order valence-corrected chi connectivity index (χ1v) is 12.1. The second-order valence-corrected chi connectivity index (χ2v) is 9.31. The number of likely N-dealkylation sites (tertiary alicyclic amines) is 1. The van der Waals surface area contributed by atoms with Gasteiger partial charge in [0.15, 0.2) is 11.5 Å². The summed E-state index contributed by atoms with van der Waals surface area (Å²) in [5, 5.41) is 0.606. The lowest BCUT2D eigenvalue weighted by Crippen LogP contribution is -2.41. The Morgan fingerprint density at radius 2 is 1.94 bits per heavy atom. The number of thiophene rings is 1. The van der Waals surface area contributed by atoms with E-state index in [9.17, 15) is 9.59 Å². The Hall–Kier alpha value is -2.87. The van der Waals surface area contributed by atoms with E-state index >= 15 is 0 Å². The molecule has 5 rings (SSSR count). The molecule has 0 spiro atoms. The molecule has 0 radical (unpaired) electrons. The molecular formula is C24H27N3O4S. The summed E-state index contributed by atoms with van der Waals surface area (Å²) < 4.78 is 13.6. The van der Waals surface area contributed by atoms with Gasteiger partial charge in [0.05, 0.1) is 16.9 Å². The van der Waals surface area contributed by atoms with E-state index in [4.69, 9.17) is 9.47 Å². The Labute approximate surface area is 190 Å². The molecule has 0 aliphatic carbocycles. The largest absolute Gasteiger partial charge is 0.490 e. The number of hydrogen-bond acceptors (Lipinski definition) is 6. The average Bonchev–Trinajstić information content (AvgIpc) is 3.40. The van der Waals surface area contributed by atoms with Gasteiger partial charge in [-0.1, -0.05) is 12.1 Å². The number of aromatic nitrogens is 2. The van der Waals surface area contributed by atoms with E-state index in [-0.39, 0.29) is 17.6 Å². The second-order valence-electron chi connectivity index (χ2n) is 8.31. The first-order valence-electron chi connectivity index (χ1n) is 11.3. The monoisotopic (exact) mass is 453 g/mol. The summed E-state index contributed by atoms with van der Waals surface area (Å²) in [5.74, 6) is 2.33. The van der Waals surface area contributed by atoms with Gasteiger partial charge in [0, 0.05) is 38.9 Å². The van der Waals surface area contributed by atoms with Crippen molar-refractivity contribution in [2.24, 2.45) is 0 Å². The third-order valence-corrected chi connectivity index (χ3v) is 7.45. The van der Waals surface area contributed by atoms with Gasteiger partial charge in [-0.05, 0) is 38.0 Å². The number of amides is 1. The van der Waals surface area contributed by atoms with Crippen LogP contribution < -0.4 is 15.0 Å². The molecule has 8 heteroatoms. The third kappa shape index (κ3) is 3.66. The van der Waals surface area contributed by atoms with Crippen LogP contribution in [0.25, 0.3) is 10.2 Å². The molecule has 7 nitrogen and oxygen atoms in total. The van der Waals surface area contributed by atoms with Gasteiger partial charge >= 0.3 is 0 Å². The Morgan fingerprint density at radius 1 is 1.19 bits per heavy atom. The fourth-order valence-corrected chi connectivity index (χ4v) is 5.76. The van der Waals surface area contributed by atoms with Crippen LogP contribution in [0.3, 0.4) is 0 Å². The van der Waals surface area contributed by atoms with Crippen molar-refractivity contribution in [1.29, 1.82) is 0 Å². The normalized spacial score (nSPS) is 16.4. The summed E-state index contributed by atoms with van der Waals surface area (Å²) in [5.41, 5.74) is 0.758. The molecule has 1 amide bonds. The van der Waals surface area contributed by atoms with Gasteiger partial charge in [0.25, 0.3) is 11.5 Å². The summed E-state index contributed by atoms with van der Waals surface area (Å²) in [7, 11) is 0. The van der Waals surface area contributed by atoms with Crippen molar-refractivity contribution in [3.63, 3.8) is 0 Å². The number of rotatable bonds is 5. The van der Waals surface area contributed by atoms with Crippen LogP contribution in [-0.2, 0) is 13.0 Å². The number of fused-ring (bicyclic) bond motifs is 2. The maximum Gasteiger partial charge on any atom is 0.264 e. The molecule has 2 aromatic heterocycles. The van der Waals surface area contributed by atoms with Gasteiger partial charge in [-0.2, -0.15) is 0 Å². The fraction of sp³-hybridized carbons (Fsp3) is 0.458. The van der Waals surface area contributed by atoms with Crippen molar-refractivity contribution in [3.05, 3.63) is 50.9 Å². The Bertz CT molecular complexity index is 1220. The molecule has 0 bridgehead atoms. The number of carbonyl (C=O) groups excluding carboxylic acids is 1. The summed E-state index contributed by atoms with van der Waals surface area (Å²) in [6.07, 6.45) is 3.33. The number of hydrogen-bond donors (Lipinski definition) is 0. The number of aryl methyl sites for hydroxylation is 2. The molecule has 0 unspecified atom stereocenters. The van der Waals surface area contributed by atoms with Gasteiger partial charge in [0.2, 0.25) is 0 Å². The Balaban J connectivity index is 1.30. The number of piperidine rings is 1. The molecule has 0 saturated carbocycles. The Kier molecular flexibility index (Phi) is 5.63. The zero-order valence-corrected chi connectivity index (χ0v) is 19.2. The SMILES string of the molecule is CCOc1ccccc1OC1CCN(C(=O)c2sc3nc4n(c(=O)c3c2C)CCC4)CC1. The van der Waals surface area contributed by atoms with Gasteiger partial charge in [-0.3, -0.25) is 14.2 Å². The maximum absolute atomic E-state index is 13.3. The smallest absolute Gasteiger partial charge is 0.264 e. The van der Waals surface area contributed by atoms with Crippen molar-refractivity contribution < 1.29 is 14.3 Å². The Morgan fingerprint density at radius 3 is 2.69 bits per heavy atom. The minimum Gasteiger partial charge on any atom is -0.490 e. The molecule has 2 aliphatic heterocycles. The van der Waals surface area contributed by atoms with E-state index in [2.05, 4.69) is 4.98 Å². The molecular weight excluding hydrogens is 426 g/mol. The van der Waals surface area contributed by atoms with E-state index < -0.39 is 0 Å². The van der Waals surface area contributed by atoms with Crippen molar-refractivity contribution >= 4 is 27.5 Å². The number of carbonyl (C=O) groups is 1. The van der Waals surface area contributed by atoms with Crippen molar-refractivity contribution in [2.45, 2.75) is 52.2 Å². The highest BCUT2D eigenvalue weighted by molar-refractivity contribution is 7.20. The van der Waals surface area contributed by atoms with Gasteiger partial charge < -0.3 is 14.4 Å². The average molecular weight is 454 g/mol. The van der Waals surface area contributed by atoms with E-state index in [0.29, 0.717) is 34.8 Å². The standard InChI is InChI=1S/C24H27N3O4S/c1-3-30-17-7-4-5-8-18(17)31-16-10-13-26(14-11-16)24(29)21-15(2)20-22(32-21)25-19-9-6-12-27(19)23(20)28/h4-5,7-8,16H,3,6,9-14H2,1-2H3.